The highest BCUT2D eigenvalue weighted by Crippen LogP contribution is 2.36. The van der Waals surface area contributed by atoms with Gasteiger partial charge in [-0.25, -0.2) is 0 Å². The molecule has 0 unspecified atom stereocenters. The van der Waals surface area contributed by atoms with E-state index in [4.69, 9.17) is 23.2 Å². The molecule has 1 N–H and O–H groups in total. The molecule has 33 heavy (non-hydrogen) atoms. The van der Waals surface area contributed by atoms with E-state index in [9.17, 15) is 14.4 Å². The van der Waals surface area contributed by atoms with Crippen molar-refractivity contribution in [2.24, 2.45) is 5.92 Å². The number of hydrogen-bond donors (Lipinski definition) is 1. The molecule has 1 atom stereocenters. The summed E-state index contributed by atoms with van der Waals surface area (Å²) >= 11 is 13.3. The molecular weight excluding hydrogens is 459 g/mol. The van der Waals surface area contributed by atoms with E-state index < -0.39 is 0 Å². The Morgan fingerprint density at radius 1 is 1.00 bits per heavy atom. The molecule has 7 heteroatoms. The number of rotatable bonds is 7. The van der Waals surface area contributed by atoms with Gasteiger partial charge < -0.3 is 15.0 Å². The van der Waals surface area contributed by atoms with Crippen molar-refractivity contribution in [2.75, 3.05) is 13.1 Å². The van der Waals surface area contributed by atoms with Crippen LogP contribution in [0.4, 0.5) is 0 Å². The summed E-state index contributed by atoms with van der Waals surface area (Å²) in [4.78, 5) is 37.6. The average molecular weight is 487 g/mol. The van der Waals surface area contributed by atoms with Crippen molar-refractivity contribution < 1.29 is 14.4 Å². The zero-order valence-electron chi connectivity index (χ0n) is 18.5. The maximum Gasteiger partial charge on any atom is 0.251 e. The highest BCUT2D eigenvalue weighted by Gasteiger charge is 2.36. The van der Waals surface area contributed by atoms with Crippen molar-refractivity contribution in [1.82, 2.24) is 10.2 Å². The Kier molecular flexibility index (Phi) is 7.71. The van der Waals surface area contributed by atoms with Crippen LogP contribution in [0.1, 0.15) is 54.4 Å². The van der Waals surface area contributed by atoms with Gasteiger partial charge >= 0.3 is 0 Å². The molecule has 2 fully saturated rings. The van der Waals surface area contributed by atoms with Gasteiger partial charge in [-0.3, -0.25) is 9.59 Å². The number of amides is 2. The summed E-state index contributed by atoms with van der Waals surface area (Å²) in [5.74, 6) is -0.137. The number of halogens is 2. The van der Waals surface area contributed by atoms with Crippen LogP contribution in [0.3, 0.4) is 0 Å². The molecule has 0 spiro atoms. The molecule has 4 rings (SSSR count). The molecule has 1 aliphatic heterocycles. The van der Waals surface area contributed by atoms with Crippen molar-refractivity contribution in [3.8, 4) is 11.1 Å². The van der Waals surface area contributed by atoms with Gasteiger partial charge in [-0.2, -0.15) is 0 Å². The molecule has 1 heterocycles. The first-order chi connectivity index (χ1) is 16.0. The minimum Gasteiger partial charge on any atom is -0.345 e. The average Bonchev–Trinajstić information content (AvgIpc) is 3.20. The van der Waals surface area contributed by atoms with Crippen LogP contribution in [0, 0.1) is 5.92 Å². The van der Waals surface area contributed by atoms with Gasteiger partial charge in [-0.05, 0) is 66.6 Å². The molecule has 0 radical (unpaired) electrons. The summed E-state index contributed by atoms with van der Waals surface area (Å²) in [5, 5.41) is 3.62. The van der Waals surface area contributed by atoms with Crippen molar-refractivity contribution >= 4 is 41.3 Å². The number of nitrogens with zero attached hydrogens (tertiary/aromatic N) is 1. The van der Waals surface area contributed by atoms with Gasteiger partial charge in [-0.1, -0.05) is 54.6 Å². The number of benzene rings is 2. The Hall–Kier alpha value is -2.37. The largest absolute Gasteiger partial charge is 0.345 e. The molecular formula is C26H28Cl2N2O3. The van der Waals surface area contributed by atoms with Crippen molar-refractivity contribution in [3.63, 3.8) is 0 Å². The standard InChI is InChI=1S/C26H28Cl2N2O3/c27-23-15-20(17-6-8-18(9-7-17)25(32)29-11-13-31)16-24(28)22(23)14-19-10-12-30(26(19)33)21-4-2-1-3-5-21/h6-9,13,15-16,19,21H,1-5,10-12,14H2,(H,29,32)/t19-/m0/s1. The third-order valence-electron chi connectivity index (χ3n) is 6.78. The summed E-state index contributed by atoms with van der Waals surface area (Å²) in [6, 6.07) is 11.2. The Labute approximate surface area is 204 Å². The fourth-order valence-electron chi connectivity index (χ4n) is 4.97. The third kappa shape index (κ3) is 5.42. The second-order valence-electron chi connectivity index (χ2n) is 8.89. The minimum absolute atomic E-state index is 0.0187. The van der Waals surface area contributed by atoms with E-state index in [1.165, 1.54) is 19.3 Å². The Morgan fingerprint density at radius 3 is 2.30 bits per heavy atom. The summed E-state index contributed by atoms with van der Waals surface area (Å²) in [5.41, 5.74) is 3.00. The smallest absolute Gasteiger partial charge is 0.251 e. The monoisotopic (exact) mass is 486 g/mol. The van der Waals surface area contributed by atoms with E-state index in [0.29, 0.717) is 34.4 Å². The first-order valence-electron chi connectivity index (χ1n) is 11.6. The van der Waals surface area contributed by atoms with Crippen LogP contribution in [-0.2, 0) is 16.0 Å². The quantitative estimate of drug-likeness (QED) is 0.538. The van der Waals surface area contributed by atoms with Crippen molar-refractivity contribution in [1.29, 1.82) is 0 Å². The zero-order chi connectivity index (χ0) is 23.4. The highest BCUT2D eigenvalue weighted by atomic mass is 35.5. The van der Waals surface area contributed by atoms with E-state index in [1.54, 1.807) is 12.1 Å². The molecule has 2 aliphatic rings. The molecule has 174 valence electrons. The maximum absolute atomic E-state index is 13.1. The van der Waals surface area contributed by atoms with Gasteiger partial charge in [0.1, 0.15) is 6.29 Å². The fraction of sp³-hybridized carbons (Fsp3) is 0.423. The first-order valence-corrected chi connectivity index (χ1v) is 12.3. The lowest BCUT2D eigenvalue weighted by atomic mass is 9.93. The van der Waals surface area contributed by atoms with Crippen LogP contribution in [0.15, 0.2) is 36.4 Å². The molecule has 2 amide bonds. The van der Waals surface area contributed by atoms with Crippen LogP contribution in [0.2, 0.25) is 10.0 Å². The SMILES string of the molecule is O=CCNC(=O)c1ccc(-c2cc(Cl)c(C[C@@H]3CCN(C4CCCCC4)C3=O)c(Cl)c2)cc1. The molecule has 0 bridgehead atoms. The lowest BCUT2D eigenvalue weighted by Gasteiger charge is -2.31. The number of likely N-dealkylation sites (tertiary alicyclic amines) is 1. The van der Waals surface area contributed by atoms with Crippen LogP contribution < -0.4 is 5.32 Å². The first kappa shape index (κ1) is 23.8. The number of aldehydes is 1. The molecule has 1 saturated heterocycles. The van der Waals surface area contributed by atoms with E-state index in [0.717, 1.165) is 42.5 Å². The predicted octanol–water partition coefficient (Wildman–Crippen LogP) is 5.31. The molecule has 2 aromatic rings. The maximum atomic E-state index is 13.1. The Morgan fingerprint density at radius 2 is 1.67 bits per heavy atom. The van der Waals surface area contributed by atoms with Gasteiger partial charge in [-0.15, -0.1) is 0 Å². The molecule has 0 aromatic heterocycles. The Balaban J connectivity index is 1.46. The molecule has 1 aliphatic carbocycles. The number of nitrogens with one attached hydrogen (secondary N) is 1. The predicted molar refractivity (Wildman–Crippen MR) is 131 cm³/mol. The van der Waals surface area contributed by atoms with Gasteiger partial charge in [0, 0.05) is 34.1 Å². The van der Waals surface area contributed by atoms with Crippen molar-refractivity contribution in [2.45, 2.75) is 51.0 Å². The summed E-state index contributed by atoms with van der Waals surface area (Å²) in [6.45, 7) is 0.809. The van der Waals surface area contributed by atoms with E-state index in [2.05, 4.69) is 10.2 Å². The van der Waals surface area contributed by atoms with Gasteiger partial charge in [0.25, 0.3) is 5.91 Å². The summed E-state index contributed by atoms with van der Waals surface area (Å²) < 4.78 is 0. The number of hydrogen-bond acceptors (Lipinski definition) is 3. The lowest BCUT2D eigenvalue weighted by molar-refractivity contribution is -0.133. The van der Waals surface area contributed by atoms with Crippen LogP contribution >= 0.6 is 23.2 Å². The molecule has 1 saturated carbocycles. The topological polar surface area (TPSA) is 66.5 Å². The van der Waals surface area contributed by atoms with Gasteiger partial charge in [0.05, 0.1) is 6.54 Å². The van der Waals surface area contributed by atoms with Gasteiger partial charge in [0.15, 0.2) is 0 Å². The third-order valence-corrected chi connectivity index (χ3v) is 7.46. The summed E-state index contributed by atoms with van der Waals surface area (Å²) in [7, 11) is 0. The van der Waals surface area contributed by atoms with E-state index >= 15 is 0 Å². The fourth-order valence-corrected chi connectivity index (χ4v) is 5.61. The van der Waals surface area contributed by atoms with Crippen LogP contribution in [-0.4, -0.2) is 42.1 Å². The number of carbonyl (C=O) groups is 3. The van der Waals surface area contributed by atoms with E-state index in [1.807, 2.05) is 24.3 Å². The highest BCUT2D eigenvalue weighted by molar-refractivity contribution is 6.36. The second kappa shape index (κ2) is 10.7. The summed E-state index contributed by atoms with van der Waals surface area (Å²) in [6.07, 6.45) is 7.97. The molecule has 5 nitrogen and oxygen atoms in total. The van der Waals surface area contributed by atoms with Crippen LogP contribution in [0.25, 0.3) is 11.1 Å². The minimum atomic E-state index is -0.302. The second-order valence-corrected chi connectivity index (χ2v) is 9.70. The lowest BCUT2D eigenvalue weighted by Crippen LogP contribution is -2.39. The molecule has 2 aromatic carbocycles. The van der Waals surface area contributed by atoms with E-state index in [-0.39, 0.29) is 24.3 Å². The zero-order valence-corrected chi connectivity index (χ0v) is 20.0. The van der Waals surface area contributed by atoms with Crippen molar-refractivity contribution in [3.05, 3.63) is 57.6 Å². The normalized spacial score (nSPS) is 19.0. The van der Waals surface area contributed by atoms with Gasteiger partial charge in [0.2, 0.25) is 5.91 Å². The van der Waals surface area contributed by atoms with Crippen LogP contribution in [0.5, 0.6) is 0 Å². The Bertz CT molecular complexity index is 1010. The number of carbonyl (C=O) groups excluding carboxylic acids is 3.